The van der Waals surface area contributed by atoms with Gasteiger partial charge < -0.3 is 5.73 Å². The van der Waals surface area contributed by atoms with Gasteiger partial charge in [0.1, 0.15) is 11.6 Å². The molecule has 1 heterocycles. The summed E-state index contributed by atoms with van der Waals surface area (Å²) < 4.78 is 29.9. The predicted octanol–water partition coefficient (Wildman–Crippen LogP) is 4.04. The third-order valence-electron chi connectivity index (χ3n) is 2.92. The highest BCUT2D eigenvalue weighted by Gasteiger charge is 2.24. The summed E-state index contributed by atoms with van der Waals surface area (Å²) in [6, 6.07) is 1.34. The summed E-state index contributed by atoms with van der Waals surface area (Å²) in [4.78, 5) is 0. The molecule has 0 amide bonds. The van der Waals surface area contributed by atoms with Crippen molar-refractivity contribution in [1.29, 1.82) is 0 Å². The molecule has 0 aliphatic heterocycles. The van der Waals surface area contributed by atoms with Gasteiger partial charge in [0, 0.05) is 16.6 Å². The van der Waals surface area contributed by atoms with Crippen LogP contribution in [0.15, 0.2) is 22.8 Å². The topological polar surface area (TPSA) is 43.8 Å². The Bertz CT molecular complexity index is 607. The number of halogens is 4. The lowest BCUT2D eigenvalue weighted by Gasteiger charge is -2.17. The minimum absolute atomic E-state index is 0.215. The summed E-state index contributed by atoms with van der Waals surface area (Å²) in [6.07, 6.45) is 2.24. The SMILES string of the molecule is CCCn1ncc(Cl)c1C(N)c1c(F)cc(Br)cc1F. The Kier molecular flexibility index (Phi) is 4.78. The molecule has 1 aromatic carbocycles. The lowest BCUT2D eigenvalue weighted by molar-refractivity contribution is 0.515. The first-order valence-corrected chi connectivity index (χ1v) is 7.24. The number of hydrogen-bond acceptors (Lipinski definition) is 2. The van der Waals surface area contributed by atoms with Crippen LogP contribution >= 0.6 is 27.5 Å². The van der Waals surface area contributed by atoms with E-state index < -0.39 is 17.7 Å². The van der Waals surface area contributed by atoms with Gasteiger partial charge in [-0.3, -0.25) is 4.68 Å². The molecule has 1 atom stereocenters. The van der Waals surface area contributed by atoms with Crippen molar-refractivity contribution in [3.05, 3.63) is 50.7 Å². The van der Waals surface area contributed by atoms with Crippen LogP contribution in [0.2, 0.25) is 5.02 Å². The smallest absolute Gasteiger partial charge is 0.132 e. The van der Waals surface area contributed by atoms with Gasteiger partial charge in [0.25, 0.3) is 0 Å². The van der Waals surface area contributed by atoms with Crippen LogP contribution in [-0.2, 0) is 6.54 Å². The molecule has 2 rings (SSSR count). The van der Waals surface area contributed by atoms with Gasteiger partial charge in [-0.25, -0.2) is 8.78 Å². The average molecular weight is 365 g/mol. The maximum atomic E-state index is 14.0. The first-order valence-electron chi connectivity index (χ1n) is 6.07. The van der Waals surface area contributed by atoms with Crippen molar-refractivity contribution in [2.45, 2.75) is 25.9 Å². The monoisotopic (exact) mass is 363 g/mol. The Balaban J connectivity index is 2.52. The highest BCUT2D eigenvalue weighted by molar-refractivity contribution is 9.10. The highest BCUT2D eigenvalue weighted by Crippen LogP contribution is 2.31. The van der Waals surface area contributed by atoms with Crippen LogP contribution < -0.4 is 5.73 Å². The zero-order valence-electron chi connectivity index (χ0n) is 10.7. The predicted molar refractivity (Wildman–Crippen MR) is 77.6 cm³/mol. The van der Waals surface area contributed by atoms with Crippen molar-refractivity contribution in [1.82, 2.24) is 9.78 Å². The van der Waals surface area contributed by atoms with E-state index in [0.29, 0.717) is 21.7 Å². The van der Waals surface area contributed by atoms with E-state index in [0.717, 1.165) is 6.42 Å². The fraction of sp³-hybridized carbons (Fsp3) is 0.308. The molecule has 0 aliphatic carbocycles. The molecule has 108 valence electrons. The molecule has 3 nitrogen and oxygen atoms in total. The van der Waals surface area contributed by atoms with E-state index in [9.17, 15) is 8.78 Å². The standard InChI is InChI=1S/C13H13BrClF2N3/c1-2-3-20-13(8(15)6-19-20)12(18)11-9(16)4-7(14)5-10(11)17/h4-6,12H,2-3,18H2,1H3. The van der Waals surface area contributed by atoms with Gasteiger partial charge in [-0.2, -0.15) is 5.10 Å². The fourth-order valence-corrected chi connectivity index (χ4v) is 2.72. The summed E-state index contributed by atoms with van der Waals surface area (Å²) in [5.74, 6) is -1.44. The molecular weight excluding hydrogens is 352 g/mol. The third-order valence-corrected chi connectivity index (χ3v) is 3.67. The van der Waals surface area contributed by atoms with Crippen molar-refractivity contribution in [3.63, 3.8) is 0 Å². The minimum Gasteiger partial charge on any atom is -0.319 e. The van der Waals surface area contributed by atoms with Gasteiger partial charge in [-0.15, -0.1) is 0 Å². The summed E-state index contributed by atoms with van der Waals surface area (Å²) in [7, 11) is 0. The second-order valence-corrected chi connectivity index (χ2v) is 5.68. The second kappa shape index (κ2) is 6.20. The van der Waals surface area contributed by atoms with E-state index in [2.05, 4.69) is 21.0 Å². The van der Waals surface area contributed by atoms with Crippen molar-refractivity contribution >= 4 is 27.5 Å². The largest absolute Gasteiger partial charge is 0.319 e. The van der Waals surface area contributed by atoms with Crippen LogP contribution in [0.25, 0.3) is 0 Å². The molecule has 0 bridgehead atoms. The second-order valence-electron chi connectivity index (χ2n) is 4.36. The van der Waals surface area contributed by atoms with Gasteiger partial charge in [-0.05, 0) is 18.6 Å². The zero-order valence-corrected chi connectivity index (χ0v) is 13.0. The fourth-order valence-electron chi connectivity index (χ4n) is 2.06. The zero-order chi connectivity index (χ0) is 14.9. The van der Waals surface area contributed by atoms with Gasteiger partial charge in [0.2, 0.25) is 0 Å². The Morgan fingerprint density at radius 2 is 2.00 bits per heavy atom. The molecule has 0 saturated heterocycles. The number of hydrogen-bond donors (Lipinski definition) is 1. The maximum Gasteiger partial charge on any atom is 0.132 e. The van der Waals surface area contributed by atoms with Crippen molar-refractivity contribution in [2.75, 3.05) is 0 Å². The van der Waals surface area contributed by atoms with Crippen LogP contribution in [0.3, 0.4) is 0 Å². The lowest BCUT2D eigenvalue weighted by atomic mass is 10.0. The Hall–Kier alpha value is -0.980. The van der Waals surface area contributed by atoms with Crippen LogP contribution in [-0.4, -0.2) is 9.78 Å². The van der Waals surface area contributed by atoms with E-state index in [-0.39, 0.29) is 5.56 Å². The lowest BCUT2D eigenvalue weighted by Crippen LogP contribution is -2.20. The molecule has 0 aliphatic rings. The van der Waals surface area contributed by atoms with E-state index in [1.165, 1.54) is 18.3 Å². The van der Waals surface area contributed by atoms with E-state index in [1.54, 1.807) is 4.68 Å². The number of aromatic nitrogens is 2. The molecule has 2 aromatic rings. The van der Waals surface area contributed by atoms with E-state index in [4.69, 9.17) is 17.3 Å². The van der Waals surface area contributed by atoms with Crippen molar-refractivity contribution in [3.8, 4) is 0 Å². The minimum atomic E-state index is -1.01. The van der Waals surface area contributed by atoms with Crippen molar-refractivity contribution < 1.29 is 8.78 Å². The van der Waals surface area contributed by atoms with Crippen LogP contribution in [0.5, 0.6) is 0 Å². The molecule has 1 unspecified atom stereocenters. The number of aryl methyl sites for hydroxylation is 1. The molecule has 0 fully saturated rings. The maximum absolute atomic E-state index is 14.0. The molecule has 1 aromatic heterocycles. The summed E-state index contributed by atoms with van der Waals surface area (Å²) >= 11 is 9.08. The average Bonchev–Trinajstić information content (AvgIpc) is 2.69. The molecular formula is C13H13BrClF2N3. The highest BCUT2D eigenvalue weighted by atomic mass is 79.9. The normalized spacial score (nSPS) is 12.7. The number of nitrogens with two attached hydrogens (primary N) is 1. The number of rotatable bonds is 4. The summed E-state index contributed by atoms with van der Waals surface area (Å²) in [5.41, 5.74) is 6.20. The van der Waals surface area contributed by atoms with E-state index >= 15 is 0 Å². The molecule has 0 spiro atoms. The molecule has 20 heavy (non-hydrogen) atoms. The first-order chi connectivity index (χ1) is 9.45. The molecule has 7 heteroatoms. The summed E-state index contributed by atoms with van der Waals surface area (Å²) in [6.45, 7) is 2.54. The van der Waals surface area contributed by atoms with Crippen LogP contribution in [0.4, 0.5) is 8.78 Å². The van der Waals surface area contributed by atoms with E-state index in [1.807, 2.05) is 6.92 Å². The van der Waals surface area contributed by atoms with Crippen LogP contribution in [0, 0.1) is 11.6 Å². The quantitative estimate of drug-likeness (QED) is 0.890. The van der Waals surface area contributed by atoms with Crippen LogP contribution in [0.1, 0.15) is 30.6 Å². The Labute approximate surface area is 128 Å². The third kappa shape index (κ3) is 2.87. The molecule has 0 radical (unpaired) electrons. The Morgan fingerprint density at radius 3 is 2.55 bits per heavy atom. The summed E-state index contributed by atoms with van der Waals surface area (Å²) in [5, 5.41) is 4.38. The molecule has 2 N–H and O–H groups in total. The van der Waals surface area contributed by atoms with Crippen molar-refractivity contribution in [2.24, 2.45) is 5.73 Å². The first kappa shape index (κ1) is 15.4. The van der Waals surface area contributed by atoms with Gasteiger partial charge in [0.15, 0.2) is 0 Å². The van der Waals surface area contributed by atoms with Gasteiger partial charge in [-0.1, -0.05) is 34.5 Å². The Morgan fingerprint density at radius 1 is 1.40 bits per heavy atom. The molecule has 0 saturated carbocycles. The van der Waals surface area contributed by atoms with Gasteiger partial charge in [0.05, 0.1) is 23.0 Å². The number of nitrogens with zero attached hydrogens (tertiary/aromatic N) is 2. The van der Waals surface area contributed by atoms with Gasteiger partial charge >= 0.3 is 0 Å². The number of benzene rings is 1.